The zero-order chi connectivity index (χ0) is 15.3. The van der Waals surface area contributed by atoms with Gasteiger partial charge in [0.15, 0.2) is 5.60 Å². The minimum atomic E-state index is -2.87. The molecule has 116 valence electrons. The van der Waals surface area contributed by atoms with E-state index in [-0.39, 0.29) is 12.6 Å². The fourth-order valence-electron chi connectivity index (χ4n) is 1.89. The van der Waals surface area contributed by atoms with E-state index >= 15 is 0 Å². The van der Waals surface area contributed by atoms with Crippen molar-refractivity contribution >= 4 is 17.9 Å². The number of carboxylic acid groups (broad SMARTS) is 3. The molecule has 0 amide bonds. The largest absolute Gasteiger partial charge is 0.481 e. The molecule has 0 aliphatic carbocycles. The summed E-state index contributed by atoms with van der Waals surface area (Å²) in [6, 6.07) is 8.09. The molecule has 7 N–H and O–H groups in total. The van der Waals surface area contributed by atoms with Crippen molar-refractivity contribution < 1.29 is 34.8 Å². The van der Waals surface area contributed by atoms with Gasteiger partial charge in [0.2, 0.25) is 0 Å². The molecule has 0 radical (unpaired) electrons. The first-order valence-electron chi connectivity index (χ1n) is 5.71. The SMILES string of the molecule is N.O=C(O)CC(O)(C(=O)O)C(Cc1ccccc1)C(=O)O. The molecule has 21 heavy (non-hydrogen) atoms. The lowest BCUT2D eigenvalue weighted by molar-refractivity contribution is -0.179. The number of hydrogen-bond donors (Lipinski definition) is 5. The fraction of sp³-hybridized carbons (Fsp3) is 0.308. The van der Waals surface area contributed by atoms with Gasteiger partial charge in [0.05, 0.1) is 6.42 Å². The Morgan fingerprint density at radius 2 is 1.57 bits per heavy atom. The molecule has 8 heteroatoms. The Kier molecular flexibility index (Phi) is 6.50. The number of aliphatic hydroxyl groups is 1. The van der Waals surface area contributed by atoms with Crippen molar-refractivity contribution in [2.24, 2.45) is 5.92 Å². The summed E-state index contributed by atoms with van der Waals surface area (Å²) in [6.07, 6.45) is -1.47. The van der Waals surface area contributed by atoms with Crippen LogP contribution in [0.25, 0.3) is 0 Å². The lowest BCUT2D eigenvalue weighted by atomic mass is 9.80. The minimum absolute atomic E-state index is 0. The summed E-state index contributed by atoms with van der Waals surface area (Å²) in [5.41, 5.74) is -2.38. The minimum Gasteiger partial charge on any atom is -0.481 e. The Labute approximate surface area is 120 Å². The van der Waals surface area contributed by atoms with Crippen LogP contribution in [0.15, 0.2) is 30.3 Å². The monoisotopic (exact) mass is 299 g/mol. The third-order valence-corrected chi connectivity index (χ3v) is 2.95. The Morgan fingerprint density at radius 1 is 1.05 bits per heavy atom. The van der Waals surface area contributed by atoms with Gasteiger partial charge in [-0.25, -0.2) is 4.79 Å². The highest BCUT2D eigenvalue weighted by atomic mass is 16.4. The summed E-state index contributed by atoms with van der Waals surface area (Å²) < 4.78 is 0. The molecule has 1 aromatic carbocycles. The van der Waals surface area contributed by atoms with Gasteiger partial charge in [0, 0.05) is 0 Å². The van der Waals surface area contributed by atoms with E-state index in [0.29, 0.717) is 5.56 Å². The molecule has 0 aliphatic heterocycles. The van der Waals surface area contributed by atoms with Crippen LogP contribution in [-0.2, 0) is 20.8 Å². The zero-order valence-electron chi connectivity index (χ0n) is 11.1. The molecule has 0 fully saturated rings. The molecular weight excluding hydrogens is 282 g/mol. The first-order chi connectivity index (χ1) is 9.27. The van der Waals surface area contributed by atoms with E-state index < -0.39 is 35.8 Å². The Balaban J connectivity index is 0.00000400. The summed E-state index contributed by atoms with van der Waals surface area (Å²) in [4.78, 5) is 33.0. The van der Waals surface area contributed by atoms with Crippen LogP contribution in [-0.4, -0.2) is 43.9 Å². The first kappa shape index (κ1) is 18.6. The second-order valence-electron chi connectivity index (χ2n) is 4.38. The summed E-state index contributed by atoms with van der Waals surface area (Å²) in [7, 11) is 0. The predicted molar refractivity (Wildman–Crippen MR) is 71.1 cm³/mol. The van der Waals surface area contributed by atoms with E-state index in [2.05, 4.69) is 0 Å². The normalized spacial score (nSPS) is 14.3. The van der Waals surface area contributed by atoms with E-state index in [1.54, 1.807) is 30.3 Å². The van der Waals surface area contributed by atoms with Crippen molar-refractivity contribution in [1.29, 1.82) is 0 Å². The first-order valence-corrected chi connectivity index (χ1v) is 5.71. The van der Waals surface area contributed by atoms with Crippen molar-refractivity contribution in [1.82, 2.24) is 6.15 Å². The second kappa shape index (κ2) is 7.36. The number of carboxylic acids is 3. The van der Waals surface area contributed by atoms with E-state index in [0.717, 1.165) is 0 Å². The van der Waals surface area contributed by atoms with Gasteiger partial charge in [-0.2, -0.15) is 0 Å². The van der Waals surface area contributed by atoms with E-state index in [1.807, 2.05) is 0 Å². The van der Waals surface area contributed by atoms with Gasteiger partial charge in [-0.1, -0.05) is 30.3 Å². The molecular formula is C13H17NO7. The highest BCUT2D eigenvalue weighted by molar-refractivity contribution is 5.89. The zero-order valence-corrected chi connectivity index (χ0v) is 11.1. The molecule has 0 aliphatic rings. The summed E-state index contributed by atoms with van der Waals surface area (Å²) >= 11 is 0. The summed E-state index contributed by atoms with van der Waals surface area (Å²) in [5, 5.41) is 36.8. The number of hydrogen-bond acceptors (Lipinski definition) is 5. The van der Waals surface area contributed by atoms with Gasteiger partial charge in [0.1, 0.15) is 5.92 Å². The topological polar surface area (TPSA) is 167 Å². The smallest absolute Gasteiger partial charge is 0.337 e. The number of rotatable bonds is 7. The van der Waals surface area contributed by atoms with Gasteiger partial charge < -0.3 is 26.6 Å². The predicted octanol–water partition coefficient (Wildman–Crippen LogP) is 0.382. The van der Waals surface area contributed by atoms with Gasteiger partial charge in [-0.05, 0) is 12.0 Å². The fourth-order valence-corrected chi connectivity index (χ4v) is 1.89. The van der Waals surface area contributed by atoms with Gasteiger partial charge in [0.25, 0.3) is 0 Å². The molecule has 0 heterocycles. The van der Waals surface area contributed by atoms with Crippen LogP contribution in [0, 0.1) is 5.92 Å². The number of benzene rings is 1. The Morgan fingerprint density at radius 3 is 1.95 bits per heavy atom. The van der Waals surface area contributed by atoms with Crippen LogP contribution in [0.1, 0.15) is 12.0 Å². The molecule has 2 unspecified atom stereocenters. The molecule has 0 aromatic heterocycles. The van der Waals surface area contributed by atoms with Crippen LogP contribution >= 0.6 is 0 Å². The Bertz CT molecular complexity index is 517. The molecule has 0 saturated heterocycles. The van der Waals surface area contributed by atoms with Crippen molar-refractivity contribution in [2.45, 2.75) is 18.4 Å². The average Bonchev–Trinajstić information content (AvgIpc) is 2.35. The standard InChI is InChI=1S/C13H14O7.H3N/c14-10(15)7-13(20,12(18)19)9(11(16)17)6-8-4-2-1-3-5-8;/h1-5,9,20H,6-7H2,(H,14,15)(H,16,17)(H,18,19);1H3. The lowest BCUT2D eigenvalue weighted by Gasteiger charge is -2.28. The van der Waals surface area contributed by atoms with Crippen LogP contribution < -0.4 is 6.15 Å². The molecule has 0 saturated carbocycles. The van der Waals surface area contributed by atoms with Crippen LogP contribution in [0.5, 0.6) is 0 Å². The summed E-state index contributed by atoms with van der Waals surface area (Å²) in [5.74, 6) is -6.80. The van der Waals surface area contributed by atoms with Gasteiger partial charge >= 0.3 is 17.9 Å². The van der Waals surface area contributed by atoms with Crippen LogP contribution in [0.2, 0.25) is 0 Å². The molecule has 8 nitrogen and oxygen atoms in total. The quantitative estimate of drug-likeness (QED) is 0.481. The maximum absolute atomic E-state index is 11.2. The summed E-state index contributed by atoms with van der Waals surface area (Å²) in [6.45, 7) is 0. The Hall–Kier alpha value is -2.45. The number of aliphatic carboxylic acids is 3. The van der Waals surface area contributed by atoms with Crippen molar-refractivity contribution in [3.05, 3.63) is 35.9 Å². The highest BCUT2D eigenvalue weighted by Gasteiger charge is 2.49. The van der Waals surface area contributed by atoms with E-state index in [9.17, 15) is 19.5 Å². The molecule has 0 spiro atoms. The van der Waals surface area contributed by atoms with Crippen LogP contribution in [0.3, 0.4) is 0 Å². The average molecular weight is 299 g/mol. The van der Waals surface area contributed by atoms with Crippen molar-refractivity contribution in [3.63, 3.8) is 0 Å². The highest BCUT2D eigenvalue weighted by Crippen LogP contribution is 2.26. The second-order valence-corrected chi connectivity index (χ2v) is 4.38. The third kappa shape index (κ3) is 4.55. The van der Waals surface area contributed by atoms with E-state index in [1.165, 1.54) is 0 Å². The van der Waals surface area contributed by atoms with Crippen molar-refractivity contribution in [3.8, 4) is 0 Å². The number of carbonyl (C=O) groups is 3. The van der Waals surface area contributed by atoms with Crippen LogP contribution in [0.4, 0.5) is 0 Å². The molecule has 1 rings (SSSR count). The third-order valence-electron chi connectivity index (χ3n) is 2.95. The maximum Gasteiger partial charge on any atom is 0.337 e. The maximum atomic E-state index is 11.2. The van der Waals surface area contributed by atoms with Gasteiger partial charge in [-0.15, -0.1) is 0 Å². The molecule has 1 aromatic rings. The van der Waals surface area contributed by atoms with Crippen molar-refractivity contribution in [2.75, 3.05) is 0 Å². The lowest BCUT2D eigenvalue weighted by Crippen LogP contribution is -2.51. The van der Waals surface area contributed by atoms with E-state index in [4.69, 9.17) is 15.3 Å². The van der Waals surface area contributed by atoms with Gasteiger partial charge in [-0.3, -0.25) is 9.59 Å². The molecule has 0 bridgehead atoms. The molecule has 2 atom stereocenters.